The quantitative estimate of drug-likeness (QED) is 0.149. The second kappa shape index (κ2) is 17.2. The zero-order valence-corrected chi connectivity index (χ0v) is 31.9. The Balaban J connectivity index is 1.55. The Bertz CT molecular complexity index is 1770. The number of carbonyl (C=O) groups is 6. The molecule has 4 rings (SSSR count). The minimum atomic E-state index is -1.10. The largest absolute Gasteiger partial charge is 0.459 e. The normalized spacial score (nSPS) is 14.8. The molecule has 53 heavy (non-hydrogen) atoms. The molecular formula is C41H52N4O8. The van der Waals surface area contributed by atoms with Crippen molar-refractivity contribution in [3.05, 3.63) is 83.4 Å². The van der Waals surface area contributed by atoms with Gasteiger partial charge in [-0.3, -0.25) is 39.0 Å². The number of benzene rings is 3. The summed E-state index contributed by atoms with van der Waals surface area (Å²) in [6.07, 6.45) is 0.374. The molecule has 0 radical (unpaired) electrons. The maximum atomic E-state index is 14.1. The zero-order valence-electron chi connectivity index (χ0n) is 31.9. The van der Waals surface area contributed by atoms with E-state index in [9.17, 15) is 28.8 Å². The highest BCUT2D eigenvalue weighted by molar-refractivity contribution is 6.23. The van der Waals surface area contributed by atoms with Crippen molar-refractivity contribution in [3.63, 3.8) is 0 Å². The molecule has 1 aliphatic rings. The number of amides is 4. The zero-order chi connectivity index (χ0) is 39.1. The SMILES string of the molecule is CC(C)C[C@H](N[C@H](CCN1C(=O)c2cc3ccccc3cc2C1=O)C(=O)OC(C)(C)C)C(=O)N[C@@H](Cc1ccccc1)C(=O)NCC(=O)OC(C)(C)C. The maximum absolute atomic E-state index is 14.1. The number of hydrogen-bond acceptors (Lipinski definition) is 9. The highest BCUT2D eigenvalue weighted by Crippen LogP contribution is 2.28. The fourth-order valence-electron chi connectivity index (χ4n) is 6.04. The van der Waals surface area contributed by atoms with Gasteiger partial charge in [0, 0.05) is 13.0 Å². The molecule has 4 amide bonds. The second-order valence-electron chi connectivity index (χ2n) is 15.8. The van der Waals surface area contributed by atoms with Gasteiger partial charge < -0.3 is 20.1 Å². The summed E-state index contributed by atoms with van der Waals surface area (Å²) < 4.78 is 11.0. The van der Waals surface area contributed by atoms with Crippen LogP contribution in [0.3, 0.4) is 0 Å². The van der Waals surface area contributed by atoms with E-state index >= 15 is 0 Å². The summed E-state index contributed by atoms with van der Waals surface area (Å²) in [6, 6.07) is 16.8. The molecule has 0 saturated carbocycles. The molecule has 1 heterocycles. The van der Waals surface area contributed by atoms with E-state index in [1.54, 1.807) is 53.7 Å². The van der Waals surface area contributed by atoms with Crippen LogP contribution >= 0.6 is 0 Å². The van der Waals surface area contributed by atoms with Crippen LogP contribution in [0.25, 0.3) is 10.8 Å². The first-order chi connectivity index (χ1) is 24.8. The molecule has 0 saturated heterocycles. The number of rotatable bonds is 15. The first kappa shape index (κ1) is 40.7. The first-order valence-corrected chi connectivity index (χ1v) is 18.0. The van der Waals surface area contributed by atoms with E-state index in [-0.39, 0.29) is 38.3 Å². The summed E-state index contributed by atoms with van der Waals surface area (Å²) in [4.78, 5) is 81.6. The molecule has 12 nitrogen and oxygen atoms in total. The first-order valence-electron chi connectivity index (χ1n) is 18.0. The van der Waals surface area contributed by atoms with Crippen molar-refractivity contribution in [3.8, 4) is 0 Å². The summed E-state index contributed by atoms with van der Waals surface area (Å²) in [5.74, 6) is -3.35. The van der Waals surface area contributed by atoms with Crippen LogP contribution in [0.15, 0.2) is 66.7 Å². The van der Waals surface area contributed by atoms with Crippen LogP contribution in [0, 0.1) is 5.92 Å². The number of fused-ring (bicyclic) bond motifs is 2. The molecule has 3 atom stereocenters. The van der Waals surface area contributed by atoms with E-state index in [2.05, 4.69) is 16.0 Å². The van der Waals surface area contributed by atoms with Gasteiger partial charge in [-0.05, 0) is 88.8 Å². The van der Waals surface area contributed by atoms with Crippen LogP contribution < -0.4 is 16.0 Å². The minimum Gasteiger partial charge on any atom is -0.459 e. The number of carbonyl (C=O) groups excluding carboxylic acids is 6. The Hall–Kier alpha value is -5.10. The molecule has 0 fully saturated rings. The van der Waals surface area contributed by atoms with E-state index in [4.69, 9.17) is 9.47 Å². The smallest absolute Gasteiger partial charge is 0.325 e. The van der Waals surface area contributed by atoms with Gasteiger partial charge in [-0.25, -0.2) is 0 Å². The summed E-state index contributed by atoms with van der Waals surface area (Å²) in [5, 5.41) is 10.2. The van der Waals surface area contributed by atoms with Crippen molar-refractivity contribution in [2.45, 2.75) is 104 Å². The van der Waals surface area contributed by atoms with E-state index in [0.717, 1.165) is 21.2 Å². The maximum Gasteiger partial charge on any atom is 0.325 e. The van der Waals surface area contributed by atoms with Gasteiger partial charge in [-0.1, -0.05) is 68.4 Å². The van der Waals surface area contributed by atoms with Crippen molar-refractivity contribution in [2.24, 2.45) is 5.92 Å². The summed E-state index contributed by atoms with van der Waals surface area (Å²) in [7, 11) is 0. The highest BCUT2D eigenvalue weighted by atomic mass is 16.6. The molecule has 3 N–H and O–H groups in total. The van der Waals surface area contributed by atoms with Crippen LogP contribution in [-0.4, -0.2) is 82.9 Å². The molecule has 1 aliphatic heterocycles. The predicted octanol–water partition coefficient (Wildman–Crippen LogP) is 4.73. The van der Waals surface area contributed by atoms with E-state index in [1.165, 1.54) is 0 Å². The van der Waals surface area contributed by atoms with Gasteiger partial charge in [0.05, 0.1) is 17.2 Å². The molecule has 0 spiro atoms. The van der Waals surface area contributed by atoms with Gasteiger partial charge in [0.2, 0.25) is 11.8 Å². The molecule has 0 unspecified atom stereocenters. The minimum absolute atomic E-state index is 0.0172. The predicted molar refractivity (Wildman–Crippen MR) is 201 cm³/mol. The van der Waals surface area contributed by atoms with Crippen molar-refractivity contribution in [1.29, 1.82) is 0 Å². The number of imide groups is 1. The average molecular weight is 729 g/mol. The molecule has 3 aromatic carbocycles. The van der Waals surface area contributed by atoms with Crippen molar-refractivity contribution in [1.82, 2.24) is 20.9 Å². The Kier molecular flexibility index (Phi) is 13.2. The lowest BCUT2D eigenvalue weighted by atomic mass is 9.99. The molecule has 3 aromatic rings. The molecule has 0 aromatic heterocycles. The average Bonchev–Trinajstić information content (AvgIpc) is 3.29. The van der Waals surface area contributed by atoms with Crippen LogP contribution in [0.4, 0.5) is 0 Å². The van der Waals surface area contributed by atoms with Gasteiger partial charge >= 0.3 is 11.9 Å². The highest BCUT2D eigenvalue weighted by Gasteiger charge is 2.38. The summed E-state index contributed by atoms with van der Waals surface area (Å²) in [6.45, 7) is 13.7. The standard InChI is InChI=1S/C41H52N4O8/c1-25(2)20-32(36(48)44-33(21-26-14-10-9-11-15-26)35(47)42-24-34(46)52-40(3,4)5)43-31(39(51)53-41(6,7)8)18-19-45-37(49)29-22-27-16-12-13-17-28(27)23-30(29)38(45)50/h9-17,22-23,25,31-33,43H,18-21,24H2,1-8H3,(H,42,47)(H,44,48)/t31-,32+,33+/m1/s1. The Morgan fingerprint density at radius 1 is 0.717 bits per heavy atom. The van der Waals surface area contributed by atoms with Gasteiger partial charge in [-0.2, -0.15) is 0 Å². The van der Waals surface area contributed by atoms with Crippen molar-refractivity contribution < 1.29 is 38.2 Å². The lowest BCUT2D eigenvalue weighted by molar-refractivity contribution is -0.158. The third-order valence-corrected chi connectivity index (χ3v) is 8.34. The Morgan fingerprint density at radius 3 is 1.79 bits per heavy atom. The third kappa shape index (κ3) is 11.7. The summed E-state index contributed by atoms with van der Waals surface area (Å²) >= 11 is 0. The van der Waals surface area contributed by atoms with E-state index in [1.807, 2.05) is 68.4 Å². The number of ether oxygens (including phenoxy) is 2. The number of hydrogen-bond donors (Lipinski definition) is 3. The molecule has 0 bridgehead atoms. The van der Waals surface area contributed by atoms with Gasteiger partial charge in [0.25, 0.3) is 11.8 Å². The number of nitrogens with one attached hydrogen (secondary N) is 3. The molecule has 0 aliphatic carbocycles. The van der Waals surface area contributed by atoms with Crippen molar-refractivity contribution >= 4 is 46.3 Å². The Labute approximate surface area is 311 Å². The van der Waals surface area contributed by atoms with Crippen molar-refractivity contribution in [2.75, 3.05) is 13.1 Å². The molecular weight excluding hydrogens is 676 g/mol. The van der Waals surface area contributed by atoms with Crippen LogP contribution in [-0.2, 0) is 35.1 Å². The summed E-state index contributed by atoms with van der Waals surface area (Å²) in [5.41, 5.74) is -0.244. The van der Waals surface area contributed by atoms with E-state index < -0.39 is 64.9 Å². The number of nitrogens with zero attached hydrogens (tertiary/aromatic N) is 1. The topological polar surface area (TPSA) is 160 Å². The lowest BCUT2D eigenvalue weighted by Gasteiger charge is -2.30. The molecule has 284 valence electrons. The van der Waals surface area contributed by atoms with Crippen LogP contribution in [0.1, 0.15) is 94.5 Å². The van der Waals surface area contributed by atoms with Gasteiger partial charge in [-0.15, -0.1) is 0 Å². The fraction of sp³-hybridized carbons (Fsp3) is 0.463. The van der Waals surface area contributed by atoms with Gasteiger partial charge in [0.15, 0.2) is 0 Å². The van der Waals surface area contributed by atoms with Crippen LogP contribution in [0.5, 0.6) is 0 Å². The van der Waals surface area contributed by atoms with Gasteiger partial charge in [0.1, 0.15) is 29.8 Å². The lowest BCUT2D eigenvalue weighted by Crippen LogP contribution is -2.57. The number of esters is 2. The molecule has 12 heteroatoms. The second-order valence-corrected chi connectivity index (χ2v) is 15.8. The van der Waals surface area contributed by atoms with Crippen LogP contribution in [0.2, 0.25) is 0 Å². The third-order valence-electron chi connectivity index (χ3n) is 8.34. The fourth-order valence-corrected chi connectivity index (χ4v) is 6.04. The van der Waals surface area contributed by atoms with E-state index in [0.29, 0.717) is 11.1 Å². The monoisotopic (exact) mass is 728 g/mol. The Morgan fingerprint density at radius 2 is 1.26 bits per heavy atom.